The van der Waals surface area contributed by atoms with Crippen LogP contribution in [0.25, 0.3) is 22.2 Å². The van der Waals surface area contributed by atoms with Gasteiger partial charge in [-0.2, -0.15) is 0 Å². The van der Waals surface area contributed by atoms with Crippen LogP contribution in [0.1, 0.15) is 111 Å². The molecule has 5 aliphatic rings. The molecule has 4 unspecified atom stereocenters. The number of ether oxygens (including phenoxy) is 1. The van der Waals surface area contributed by atoms with Gasteiger partial charge in [0.25, 0.3) is 0 Å². The smallest absolute Gasteiger partial charge is 0.231 e. The number of benzene rings is 3. The molecule has 1 aromatic heterocycles. The first-order chi connectivity index (χ1) is 27.2. The second kappa shape index (κ2) is 17.1. The number of hydrogen-bond donors (Lipinski definition) is 1. The zero-order valence-corrected chi connectivity index (χ0v) is 35.2. The highest BCUT2D eigenvalue weighted by Gasteiger charge is 2.65. The molecule has 4 atom stereocenters. The Hall–Kier alpha value is -4.02. The van der Waals surface area contributed by atoms with Gasteiger partial charge in [-0.3, -0.25) is 14.5 Å². The van der Waals surface area contributed by atoms with Gasteiger partial charge in [0.1, 0.15) is 5.75 Å². The van der Waals surface area contributed by atoms with Crippen LogP contribution in [0.15, 0.2) is 66.7 Å². The quantitative estimate of drug-likeness (QED) is 0.165. The van der Waals surface area contributed by atoms with Crippen molar-refractivity contribution in [3.63, 3.8) is 0 Å². The second-order valence-corrected chi connectivity index (χ2v) is 17.8. The minimum atomic E-state index is -0.503. The summed E-state index contributed by atoms with van der Waals surface area (Å²) in [5.41, 5.74) is 7.96. The van der Waals surface area contributed by atoms with Crippen LogP contribution in [0.2, 0.25) is 0 Å². The van der Waals surface area contributed by atoms with E-state index in [9.17, 15) is 4.79 Å². The molecule has 1 amide bonds. The van der Waals surface area contributed by atoms with Gasteiger partial charge in [-0.25, -0.2) is 0 Å². The Bertz CT molecular complexity index is 2050. The monoisotopic (exact) mass is 778 g/mol. The van der Waals surface area contributed by atoms with Gasteiger partial charge in [0.2, 0.25) is 5.91 Å². The standard InChI is InChI=1S/C46H56N4O3.C2H7N.H2O.H2/c1-30(51)33-15-19-39-42(23-33)49-29-46(27-41(46)40-26-37(53-4)18-20-38(40)44(49)43(39)32-13-9-6-10-14-32)45(52)50-34-16-17-35(50)25-36(24-34)48(22-21-47(2)3)28-31-11-7-5-8-12-31;1-3-2;;/h5,7-8,11-12,15,18-20,23,26,32,34-36,41H,6,9-10,13-14,16-17,21-22,24-25,27-29H2,1-4H3;3H,1-2H3;1H2;1H. The van der Waals surface area contributed by atoms with Crippen LogP contribution < -0.4 is 10.1 Å². The van der Waals surface area contributed by atoms with E-state index in [4.69, 9.17) is 4.74 Å². The van der Waals surface area contributed by atoms with Gasteiger partial charge < -0.3 is 29.9 Å². The molecular formula is C48H67N5O4. The molecule has 3 aliphatic heterocycles. The van der Waals surface area contributed by atoms with Crippen molar-refractivity contribution in [3.8, 4) is 17.0 Å². The van der Waals surface area contributed by atoms with Crippen LogP contribution in [0.3, 0.4) is 0 Å². The number of Topliss-reactive ketones (excluding diaryl/α,β-unsaturated/α-hetero) is 1. The summed E-state index contributed by atoms with van der Waals surface area (Å²) in [6, 6.07) is 24.9. The van der Waals surface area contributed by atoms with Gasteiger partial charge in [-0.1, -0.05) is 61.7 Å². The van der Waals surface area contributed by atoms with Gasteiger partial charge in [-0.05, 0) is 127 Å². The van der Waals surface area contributed by atoms with Crippen molar-refractivity contribution in [2.75, 3.05) is 48.4 Å². The molecule has 4 fully saturated rings. The Morgan fingerprint density at radius 3 is 2.26 bits per heavy atom. The molecule has 57 heavy (non-hydrogen) atoms. The third-order valence-electron chi connectivity index (χ3n) is 13.9. The topological polar surface area (TPSA) is 102 Å². The third-order valence-corrected chi connectivity index (χ3v) is 13.9. The SMILES string of the molecule is CNC.COc1ccc2c(c1)C1CC1(C(=O)N1C3CCC1CC(N(CCN(C)C)Cc1ccccc1)C3)Cn1c-2c(C2CCCCC2)c2ccc(C(C)=O)cc21.O.[HH]. The first kappa shape index (κ1) is 41.2. The Kier molecular flexibility index (Phi) is 12.3. The van der Waals surface area contributed by atoms with Crippen molar-refractivity contribution in [2.45, 2.75) is 114 Å². The summed E-state index contributed by atoms with van der Waals surface area (Å²) in [6.07, 6.45) is 11.3. The number of methoxy groups -OCH3 is 1. The molecular weight excluding hydrogens is 711 g/mol. The van der Waals surface area contributed by atoms with E-state index in [2.05, 4.69) is 99.3 Å². The number of nitrogens with zero attached hydrogens (tertiary/aromatic N) is 4. The van der Waals surface area contributed by atoms with E-state index < -0.39 is 5.41 Å². The minimum Gasteiger partial charge on any atom is -0.497 e. The molecule has 0 spiro atoms. The molecule has 2 saturated carbocycles. The first-order valence-corrected chi connectivity index (χ1v) is 21.4. The van der Waals surface area contributed by atoms with Crippen LogP contribution in [0, 0.1) is 5.41 Å². The van der Waals surface area contributed by atoms with Crippen LogP contribution >= 0.6 is 0 Å². The lowest BCUT2D eigenvalue weighted by Gasteiger charge is -2.45. The molecule has 9 heteroatoms. The maximum absolute atomic E-state index is 15.5. The van der Waals surface area contributed by atoms with E-state index in [1.165, 1.54) is 65.4 Å². The Labute approximate surface area is 341 Å². The van der Waals surface area contributed by atoms with Crippen LogP contribution in [-0.4, -0.2) is 103 Å². The summed E-state index contributed by atoms with van der Waals surface area (Å²) in [6.45, 7) is 5.33. The molecule has 4 heterocycles. The number of aromatic nitrogens is 1. The van der Waals surface area contributed by atoms with Crippen molar-refractivity contribution in [3.05, 3.63) is 89.0 Å². The summed E-state index contributed by atoms with van der Waals surface area (Å²) in [5.74, 6) is 1.93. The first-order valence-electron chi connectivity index (χ1n) is 21.4. The van der Waals surface area contributed by atoms with E-state index >= 15 is 4.79 Å². The summed E-state index contributed by atoms with van der Waals surface area (Å²) >= 11 is 0. The average molecular weight is 778 g/mol. The molecule has 9 rings (SSSR count). The highest BCUT2D eigenvalue weighted by molar-refractivity contribution is 6.02. The van der Waals surface area contributed by atoms with Crippen LogP contribution in [0.4, 0.5) is 0 Å². The lowest BCUT2D eigenvalue weighted by atomic mass is 9.81. The van der Waals surface area contributed by atoms with E-state index in [0.717, 1.165) is 68.6 Å². The summed E-state index contributed by atoms with van der Waals surface area (Å²) in [5, 5.41) is 4.01. The Morgan fingerprint density at radius 1 is 0.912 bits per heavy atom. The average Bonchev–Trinajstić information content (AvgIpc) is 3.80. The number of hydrogen-bond acceptors (Lipinski definition) is 6. The fourth-order valence-electron chi connectivity index (χ4n) is 11.1. The number of ketones is 1. The summed E-state index contributed by atoms with van der Waals surface area (Å²) in [4.78, 5) is 35.7. The maximum Gasteiger partial charge on any atom is 0.231 e. The number of carbonyl (C=O) groups excluding carboxylic acids is 2. The summed E-state index contributed by atoms with van der Waals surface area (Å²) in [7, 11) is 9.82. The molecule has 0 radical (unpaired) electrons. The number of fused-ring (bicyclic) bond motifs is 9. The highest BCUT2D eigenvalue weighted by atomic mass is 16.5. The molecule has 3 N–H and O–H groups in total. The van der Waals surface area contributed by atoms with Crippen molar-refractivity contribution < 1.29 is 21.2 Å². The van der Waals surface area contributed by atoms with Crippen LogP contribution in [-0.2, 0) is 17.9 Å². The van der Waals surface area contributed by atoms with Gasteiger partial charge in [-0.15, -0.1) is 0 Å². The van der Waals surface area contributed by atoms with Crippen molar-refractivity contribution in [2.24, 2.45) is 5.41 Å². The van der Waals surface area contributed by atoms with Gasteiger partial charge in [0.15, 0.2) is 5.78 Å². The Morgan fingerprint density at radius 2 is 1.61 bits per heavy atom. The number of nitrogens with one attached hydrogen (secondary N) is 1. The summed E-state index contributed by atoms with van der Waals surface area (Å²) < 4.78 is 8.34. The molecule has 2 aliphatic carbocycles. The number of likely N-dealkylation sites (N-methyl/N-ethyl adjacent to an activating group) is 1. The zero-order chi connectivity index (χ0) is 39.1. The van der Waals surface area contributed by atoms with Crippen LogP contribution in [0.5, 0.6) is 5.75 Å². The third kappa shape index (κ3) is 7.69. The van der Waals surface area contributed by atoms with E-state index in [-0.39, 0.29) is 30.7 Å². The van der Waals surface area contributed by atoms with Crippen molar-refractivity contribution >= 4 is 22.6 Å². The van der Waals surface area contributed by atoms with E-state index in [0.29, 0.717) is 24.4 Å². The predicted molar refractivity (Wildman–Crippen MR) is 232 cm³/mol. The lowest BCUT2D eigenvalue weighted by Crippen LogP contribution is -2.55. The lowest BCUT2D eigenvalue weighted by molar-refractivity contribution is -0.143. The predicted octanol–water partition coefficient (Wildman–Crippen LogP) is 7.90. The molecule has 308 valence electrons. The molecule has 4 aromatic rings. The van der Waals surface area contributed by atoms with Gasteiger partial charge in [0.05, 0.1) is 18.2 Å². The normalized spacial score (nSPS) is 24.8. The molecule has 3 aromatic carbocycles. The van der Waals surface area contributed by atoms with Crippen molar-refractivity contribution in [1.82, 2.24) is 24.6 Å². The minimum absolute atomic E-state index is 0. The molecule has 9 nitrogen and oxygen atoms in total. The number of piperidine rings is 1. The highest BCUT2D eigenvalue weighted by Crippen LogP contribution is 2.67. The van der Waals surface area contributed by atoms with E-state index in [1.807, 2.05) is 20.2 Å². The number of amides is 1. The van der Waals surface area contributed by atoms with Gasteiger partial charge >= 0.3 is 0 Å². The number of rotatable bonds is 10. The molecule has 2 bridgehead atoms. The Balaban J connectivity index is 0.00000110. The largest absolute Gasteiger partial charge is 0.497 e. The van der Waals surface area contributed by atoms with E-state index in [1.54, 1.807) is 14.0 Å². The maximum atomic E-state index is 15.5. The number of carbonyl (C=O) groups is 2. The molecule has 2 saturated heterocycles. The van der Waals surface area contributed by atoms with Gasteiger partial charge in [0, 0.05) is 73.7 Å². The van der Waals surface area contributed by atoms with Crippen molar-refractivity contribution in [1.29, 1.82) is 0 Å². The second-order valence-electron chi connectivity index (χ2n) is 17.8. The fourth-order valence-corrected chi connectivity index (χ4v) is 11.1. The zero-order valence-electron chi connectivity index (χ0n) is 35.2. The fraction of sp³-hybridized carbons (Fsp3) is 0.542.